The maximum Gasteiger partial charge on any atom is 0.212 e. The van der Waals surface area contributed by atoms with E-state index in [1.165, 1.54) is 0 Å². The highest BCUT2D eigenvalue weighted by atomic mass is 16.5. The molecule has 0 aliphatic heterocycles. The number of methoxy groups -OCH3 is 1. The fourth-order valence-electron chi connectivity index (χ4n) is 0.868. The summed E-state index contributed by atoms with van der Waals surface area (Å²) in [6.45, 7) is 0.425. The molecule has 1 heterocycles. The van der Waals surface area contributed by atoms with Crippen molar-refractivity contribution < 1.29 is 4.74 Å². The molecule has 0 unspecified atom stereocenters. The van der Waals surface area contributed by atoms with Crippen LogP contribution in [0.4, 0.5) is 0 Å². The molecule has 66 valence electrons. The first-order valence-electron chi connectivity index (χ1n) is 3.73. The molecule has 0 saturated carbocycles. The number of rotatable bonds is 3. The fraction of sp³-hybridized carbons (Fsp3) is 0.375. The van der Waals surface area contributed by atoms with Gasteiger partial charge in [0.2, 0.25) is 5.88 Å². The summed E-state index contributed by atoms with van der Waals surface area (Å²) in [6, 6.07) is 3.50. The Hall–Kier alpha value is -1.13. The lowest BCUT2D eigenvalue weighted by Crippen LogP contribution is -2.20. The van der Waals surface area contributed by atoms with Gasteiger partial charge in [-0.05, 0) is 5.56 Å². The molecule has 4 nitrogen and oxygen atoms in total. The molecule has 1 rings (SSSR count). The van der Waals surface area contributed by atoms with Crippen LogP contribution >= 0.6 is 0 Å². The molecular weight excluding hydrogens is 154 g/mol. The van der Waals surface area contributed by atoms with E-state index < -0.39 is 0 Å². The van der Waals surface area contributed by atoms with Crippen LogP contribution in [0.25, 0.3) is 0 Å². The summed E-state index contributed by atoms with van der Waals surface area (Å²) in [5, 5.41) is 0. The Kier molecular flexibility index (Phi) is 3.01. The minimum absolute atomic E-state index is 0.136. The van der Waals surface area contributed by atoms with Gasteiger partial charge in [-0.3, -0.25) is 0 Å². The zero-order valence-electron chi connectivity index (χ0n) is 7.03. The van der Waals surface area contributed by atoms with E-state index in [0.717, 1.165) is 5.56 Å². The topological polar surface area (TPSA) is 74.2 Å². The quantitative estimate of drug-likeness (QED) is 0.667. The second-order valence-corrected chi connectivity index (χ2v) is 2.48. The van der Waals surface area contributed by atoms with E-state index in [2.05, 4.69) is 4.98 Å². The van der Waals surface area contributed by atoms with Crippen LogP contribution in [0.5, 0.6) is 5.88 Å². The van der Waals surface area contributed by atoms with Gasteiger partial charge in [-0.1, -0.05) is 6.07 Å². The molecule has 0 aromatic carbocycles. The van der Waals surface area contributed by atoms with Crippen LogP contribution in [0.1, 0.15) is 11.6 Å². The standard InChI is InChI=1S/C8H13N3O/c1-12-8-3-2-6(5-11-8)7(10)4-9/h2-3,5,7H,4,9-10H2,1H3/t7-/m0/s1. The van der Waals surface area contributed by atoms with E-state index >= 15 is 0 Å². The minimum Gasteiger partial charge on any atom is -0.481 e. The van der Waals surface area contributed by atoms with Gasteiger partial charge in [0.15, 0.2) is 0 Å². The molecule has 0 fully saturated rings. The summed E-state index contributed by atoms with van der Waals surface area (Å²) in [7, 11) is 1.57. The first kappa shape index (κ1) is 8.96. The Morgan fingerprint density at radius 3 is 2.75 bits per heavy atom. The molecule has 0 aliphatic rings. The highest BCUT2D eigenvalue weighted by Gasteiger charge is 2.03. The molecule has 0 saturated heterocycles. The van der Waals surface area contributed by atoms with E-state index in [-0.39, 0.29) is 6.04 Å². The molecule has 0 aliphatic carbocycles. The monoisotopic (exact) mass is 167 g/mol. The summed E-state index contributed by atoms with van der Waals surface area (Å²) in [6.07, 6.45) is 1.68. The van der Waals surface area contributed by atoms with Crippen LogP contribution in [-0.4, -0.2) is 18.6 Å². The summed E-state index contributed by atoms with van der Waals surface area (Å²) in [4.78, 5) is 4.01. The maximum atomic E-state index is 5.68. The van der Waals surface area contributed by atoms with Gasteiger partial charge in [0.1, 0.15) is 0 Å². The van der Waals surface area contributed by atoms with Crippen LogP contribution in [0, 0.1) is 0 Å². The van der Waals surface area contributed by atoms with Gasteiger partial charge in [0.05, 0.1) is 7.11 Å². The summed E-state index contributed by atoms with van der Waals surface area (Å²) in [5.74, 6) is 0.586. The van der Waals surface area contributed by atoms with Crippen LogP contribution in [0.15, 0.2) is 18.3 Å². The van der Waals surface area contributed by atoms with Gasteiger partial charge in [-0.25, -0.2) is 4.98 Å². The molecule has 4 heteroatoms. The molecule has 0 bridgehead atoms. The Labute approximate surface area is 71.5 Å². The third-order valence-corrected chi connectivity index (χ3v) is 1.65. The van der Waals surface area contributed by atoms with Crippen molar-refractivity contribution in [3.05, 3.63) is 23.9 Å². The van der Waals surface area contributed by atoms with Gasteiger partial charge in [0, 0.05) is 24.8 Å². The lowest BCUT2D eigenvalue weighted by atomic mass is 10.1. The van der Waals surface area contributed by atoms with E-state index in [1.807, 2.05) is 6.07 Å². The van der Waals surface area contributed by atoms with E-state index in [0.29, 0.717) is 12.4 Å². The van der Waals surface area contributed by atoms with Crippen LogP contribution < -0.4 is 16.2 Å². The lowest BCUT2D eigenvalue weighted by Gasteiger charge is -2.08. The Morgan fingerprint density at radius 2 is 2.33 bits per heavy atom. The van der Waals surface area contributed by atoms with E-state index in [9.17, 15) is 0 Å². The molecule has 0 radical (unpaired) electrons. The smallest absolute Gasteiger partial charge is 0.212 e. The summed E-state index contributed by atoms with van der Waals surface area (Å²) < 4.78 is 4.90. The number of aromatic nitrogens is 1. The van der Waals surface area contributed by atoms with Crippen molar-refractivity contribution in [2.45, 2.75) is 6.04 Å². The predicted molar refractivity (Wildman–Crippen MR) is 46.8 cm³/mol. The number of hydrogen-bond acceptors (Lipinski definition) is 4. The summed E-state index contributed by atoms with van der Waals surface area (Å²) >= 11 is 0. The Balaban J connectivity index is 2.77. The van der Waals surface area contributed by atoms with Crippen LogP contribution in [0.3, 0.4) is 0 Å². The van der Waals surface area contributed by atoms with Crippen molar-refractivity contribution in [1.29, 1.82) is 0 Å². The third-order valence-electron chi connectivity index (χ3n) is 1.65. The van der Waals surface area contributed by atoms with Crippen molar-refractivity contribution in [3.8, 4) is 5.88 Å². The normalized spacial score (nSPS) is 12.6. The van der Waals surface area contributed by atoms with Gasteiger partial charge in [-0.15, -0.1) is 0 Å². The molecule has 1 atom stereocenters. The maximum absolute atomic E-state index is 5.68. The van der Waals surface area contributed by atoms with Crippen molar-refractivity contribution >= 4 is 0 Å². The predicted octanol–water partition coefficient (Wildman–Crippen LogP) is 0.0487. The van der Waals surface area contributed by atoms with Crippen molar-refractivity contribution in [1.82, 2.24) is 4.98 Å². The zero-order valence-corrected chi connectivity index (χ0v) is 7.03. The average molecular weight is 167 g/mol. The summed E-state index contributed by atoms with van der Waals surface area (Å²) in [5.41, 5.74) is 12.0. The second-order valence-electron chi connectivity index (χ2n) is 2.48. The minimum atomic E-state index is -0.136. The zero-order chi connectivity index (χ0) is 8.97. The number of nitrogens with two attached hydrogens (primary N) is 2. The average Bonchev–Trinajstić information content (AvgIpc) is 2.17. The van der Waals surface area contributed by atoms with Gasteiger partial charge >= 0.3 is 0 Å². The molecule has 0 spiro atoms. The number of nitrogens with zero attached hydrogens (tertiary/aromatic N) is 1. The molecule has 4 N–H and O–H groups in total. The van der Waals surface area contributed by atoms with Gasteiger partial charge in [0.25, 0.3) is 0 Å². The Bertz CT molecular complexity index is 235. The largest absolute Gasteiger partial charge is 0.481 e. The highest BCUT2D eigenvalue weighted by molar-refractivity contribution is 5.20. The Morgan fingerprint density at radius 1 is 1.58 bits per heavy atom. The van der Waals surface area contributed by atoms with Crippen molar-refractivity contribution in [3.63, 3.8) is 0 Å². The molecule has 12 heavy (non-hydrogen) atoms. The first-order valence-corrected chi connectivity index (χ1v) is 3.73. The number of hydrogen-bond donors (Lipinski definition) is 2. The van der Waals surface area contributed by atoms with Crippen molar-refractivity contribution in [2.75, 3.05) is 13.7 Å². The van der Waals surface area contributed by atoms with Gasteiger partial charge < -0.3 is 16.2 Å². The van der Waals surface area contributed by atoms with E-state index in [1.54, 1.807) is 19.4 Å². The third kappa shape index (κ3) is 1.93. The molecule has 1 aromatic heterocycles. The second kappa shape index (κ2) is 4.04. The van der Waals surface area contributed by atoms with Crippen molar-refractivity contribution in [2.24, 2.45) is 11.5 Å². The molecular formula is C8H13N3O. The van der Waals surface area contributed by atoms with E-state index in [4.69, 9.17) is 16.2 Å². The van der Waals surface area contributed by atoms with Crippen LogP contribution in [-0.2, 0) is 0 Å². The lowest BCUT2D eigenvalue weighted by molar-refractivity contribution is 0.397. The van der Waals surface area contributed by atoms with Gasteiger partial charge in [-0.2, -0.15) is 0 Å². The first-order chi connectivity index (χ1) is 5.77. The number of ether oxygens (including phenoxy) is 1. The molecule has 1 aromatic rings. The molecule has 0 amide bonds. The highest BCUT2D eigenvalue weighted by Crippen LogP contribution is 2.11. The number of pyridine rings is 1. The fourth-order valence-corrected chi connectivity index (χ4v) is 0.868. The van der Waals surface area contributed by atoms with Crippen LogP contribution in [0.2, 0.25) is 0 Å². The SMILES string of the molecule is COc1ccc([C@@H](N)CN)cn1.